The van der Waals surface area contributed by atoms with Gasteiger partial charge in [0.25, 0.3) is 0 Å². The molecule has 5 atom stereocenters. The van der Waals surface area contributed by atoms with Crippen molar-refractivity contribution in [1.82, 2.24) is 4.90 Å². The number of hydrogen-bond acceptors (Lipinski definition) is 4. The Balaban J connectivity index is 1.65. The van der Waals surface area contributed by atoms with Crippen LogP contribution in [-0.4, -0.2) is 57.6 Å². The molecular weight excluding hydrogens is 381 g/mol. The molecule has 7 heteroatoms. The molecule has 1 amide bonds. The van der Waals surface area contributed by atoms with Gasteiger partial charge in [0.2, 0.25) is 0 Å². The van der Waals surface area contributed by atoms with E-state index in [9.17, 15) is 4.79 Å². The molecule has 29 heavy (non-hydrogen) atoms. The Bertz CT molecular complexity index is 786. The van der Waals surface area contributed by atoms with Crippen molar-refractivity contribution < 1.29 is 18.8 Å². The van der Waals surface area contributed by atoms with Crippen molar-refractivity contribution in [3.05, 3.63) is 30.3 Å². The zero-order valence-electron chi connectivity index (χ0n) is 18.8. The Morgan fingerprint density at radius 3 is 2.45 bits per heavy atom. The van der Waals surface area contributed by atoms with Gasteiger partial charge in [-0.25, -0.2) is 4.79 Å². The molecule has 1 aromatic rings. The lowest BCUT2D eigenvalue weighted by Gasteiger charge is -2.64. The maximum Gasteiger partial charge on any atom is 0.498 e. The predicted octanol–water partition coefficient (Wildman–Crippen LogP) is 3.48. The lowest BCUT2D eigenvalue weighted by Crippen LogP contribution is -2.65. The zero-order chi connectivity index (χ0) is 21.2. The Morgan fingerprint density at radius 2 is 1.86 bits per heavy atom. The molecule has 0 radical (unpaired) electrons. The fourth-order valence-corrected chi connectivity index (χ4v) is 8.42. The smallest absolute Gasteiger partial charge is 0.452 e. The van der Waals surface area contributed by atoms with Crippen LogP contribution in [0.4, 0.5) is 4.79 Å². The van der Waals surface area contributed by atoms with E-state index in [1.54, 1.807) is 14.1 Å². The SMILES string of the molecule is CN(C)C(=O)O[C@H](B1O[C@@H]2C[C@@H]3C[C@@H](C3(C)C)[C@]2(C)O1)[Si](C)(C)c1ccccc1. The van der Waals surface area contributed by atoms with Gasteiger partial charge in [-0.3, -0.25) is 0 Å². The van der Waals surface area contributed by atoms with E-state index >= 15 is 0 Å². The monoisotopic (exact) mass is 415 g/mol. The molecule has 3 aliphatic carbocycles. The summed E-state index contributed by atoms with van der Waals surface area (Å²) in [4.78, 5) is 14.1. The van der Waals surface area contributed by atoms with E-state index in [1.165, 1.54) is 16.5 Å². The molecule has 1 aliphatic heterocycles. The van der Waals surface area contributed by atoms with E-state index < -0.39 is 20.8 Å². The van der Waals surface area contributed by atoms with Crippen molar-refractivity contribution in [1.29, 1.82) is 0 Å². The number of benzene rings is 1. The highest BCUT2D eigenvalue weighted by molar-refractivity contribution is 6.97. The van der Waals surface area contributed by atoms with E-state index in [0.29, 0.717) is 11.8 Å². The summed E-state index contributed by atoms with van der Waals surface area (Å²) in [6.07, 6.45) is 1.96. The molecular formula is C22H34BNO4Si. The largest absolute Gasteiger partial charge is 0.498 e. The van der Waals surface area contributed by atoms with Gasteiger partial charge >= 0.3 is 13.2 Å². The van der Waals surface area contributed by atoms with Crippen LogP contribution >= 0.6 is 0 Å². The first-order valence-electron chi connectivity index (χ1n) is 10.7. The molecule has 2 bridgehead atoms. The fraction of sp³-hybridized carbons (Fsp3) is 0.682. The Kier molecular flexibility index (Phi) is 4.95. The number of carbonyl (C=O) groups is 1. The van der Waals surface area contributed by atoms with Gasteiger partial charge in [0, 0.05) is 14.1 Å². The van der Waals surface area contributed by atoms with E-state index in [4.69, 9.17) is 14.0 Å². The topological polar surface area (TPSA) is 48.0 Å². The highest BCUT2D eigenvalue weighted by Gasteiger charge is 2.69. The van der Waals surface area contributed by atoms with Gasteiger partial charge in [-0.15, -0.1) is 0 Å². The molecule has 5 nitrogen and oxygen atoms in total. The third-order valence-corrected chi connectivity index (χ3v) is 11.7. The second-order valence-electron chi connectivity index (χ2n) is 10.6. The van der Waals surface area contributed by atoms with E-state index in [-0.39, 0.29) is 23.2 Å². The second-order valence-corrected chi connectivity index (χ2v) is 15.2. The second kappa shape index (κ2) is 6.86. The summed E-state index contributed by atoms with van der Waals surface area (Å²) in [5.41, 5.74) is -0.444. The van der Waals surface area contributed by atoms with Gasteiger partial charge in [0.15, 0.2) is 0 Å². The van der Waals surface area contributed by atoms with Crippen LogP contribution < -0.4 is 5.19 Å². The molecule has 3 saturated carbocycles. The van der Waals surface area contributed by atoms with Crippen LogP contribution in [0, 0.1) is 17.3 Å². The van der Waals surface area contributed by atoms with E-state index in [0.717, 1.165) is 6.42 Å². The molecule has 158 valence electrons. The van der Waals surface area contributed by atoms with Crippen molar-refractivity contribution in [3.63, 3.8) is 0 Å². The molecule has 4 fully saturated rings. The van der Waals surface area contributed by atoms with Crippen molar-refractivity contribution in [2.45, 2.75) is 64.0 Å². The minimum atomic E-state index is -2.24. The highest BCUT2D eigenvalue weighted by atomic mass is 28.3. The molecule has 5 rings (SSSR count). The average molecular weight is 415 g/mol. The molecule has 0 unspecified atom stereocenters. The Hall–Kier alpha value is -1.31. The first-order valence-corrected chi connectivity index (χ1v) is 13.8. The lowest BCUT2D eigenvalue weighted by atomic mass is 9.43. The highest BCUT2D eigenvalue weighted by Crippen LogP contribution is 2.65. The maximum absolute atomic E-state index is 12.6. The van der Waals surface area contributed by atoms with Gasteiger partial charge in [-0.1, -0.05) is 62.5 Å². The van der Waals surface area contributed by atoms with Gasteiger partial charge in [0.05, 0.1) is 11.7 Å². The number of ether oxygens (including phenoxy) is 1. The third kappa shape index (κ3) is 3.17. The average Bonchev–Trinajstić information content (AvgIpc) is 3.02. The molecule has 1 heterocycles. The van der Waals surface area contributed by atoms with Crippen molar-refractivity contribution in [3.8, 4) is 0 Å². The Labute approximate surface area is 176 Å². The number of rotatable bonds is 4. The summed E-state index contributed by atoms with van der Waals surface area (Å²) >= 11 is 0. The van der Waals surface area contributed by atoms with Crippen molar-refractivity contribution in [2.75, 3.05) is 14.1 Å². The first-order chi connectivity index (χ1) is 13.5. The van der Waals surface area contributed by atoms with Crippen LogP contribution in [0.2, 0.25) is 13.1 Å². The van der Waals surface area contributed by atoms with Crippen LogP contribution in [0.25, 0.3) is 0 Å². The zero-order valence-corrected chi connectivity index (χ0v) is 19.8. The van der Waals surface area contributed by atoms with Crippen LogP contribution in [0.1, 0.15) is 33.6 Å². The summed E-state index contributed by atoms with van der Waals surface area (Å²) in [6, 6.07) is 10.4. The molecule has 1 saturated heterocycles. The standard InChI is InChI=1S/C22H34BNO4Si/c1-21(2)15-13-17(21)22(3)18(14-15)27-23(28-22)19(26-20(25)24(4)5)29(6,7)16-11-9-8-10-12-16/h8-12,15,17-19H,13-14H2,1-7H3/t15-,17-,18+,19-,22-/m0/s1. The van der Waals surface area contributed by atoms with Gasteiger partial charge in [0.1, 0.15) is 13.7 Å². The van der Waals surface area contributed by atoms with Crippen LogP contribution in [0.3, 0.4) is 0 Å². The lowest BCUT2D eigenvalue weighted by molar-refractivity contribution is -0.199. The maximum atomic E-state index is 12.6. The summed E-state index contributed by atoms with van der Waals surface area (Å²) in [5, 5.41) is 1.23. The first kappa shape index (κ1) is 20.9. The van der Waals surface area contributed by atoms with Crippen LogP contribution in [0.5, 0.6) is 0 Å². The van der Waals surface area contributed by atoms with Gasteiger partial charge in [-0.05, 0) is 37.0 Å². The van der Waals surface area contributed by atoms with Crippen molar-refractivity contribution in [2.24, 2.45) is 17.3 Å². The normalized spacial score (nSPS) is 33.5. The number of nitrogens with zero attached hydrogens (tertiary/aromatic N) is 1. The molecule has 0 spiro atoms. The minimum absolute atomic E-state index is 0.0745. The third-order valence-electron chi connectivity index (χ3n) is 8.04. The van der Waals surface area contributed by atoms with Crippen LogP contribution in [0.15, 0.2) is 30.3 Å². The summed E-state index contributed by atoms with van der Waals surface area (Å²) < 4.78 is 19.3. The van der Waals surface area contributed by atoms with E-state index in [2.05, 4.69) is 46.0 Å². The summed E-state index contributed by atoms with van der Waals surface area (Å²) in [6.45, 7) is 11.4. The predicted molar refractivity (Wildman–Crippen MR) is 118 cm³/mol. The number of hydrogen-bond donors (Lipinski definition) is 0. The quantitative estimate of drug-likeness (QED) is 0.707. The number of amides is 1. The number of carbonyl (C=O) groups excluding carboxylic acids is 1. The van der Waals surface area contributed by atoms with Crippen LogP contribution in [-0.2, 0) is 14.0 Å². The molecule has 0 aromatic heterocycles. The molecule has 1 aromatic carbocycles. The van der Waals surface area contributed by atoms with E-state index in [1.807, 2.05) is 18.2 Å². The molecule has 4 aliphatic rings. The summed E-state index contributed by atoms with van der Waals surface area (Å²) in [7, 11) is 0.661. The minimum Gasteiger partial charge on any atom is -0.452 e. The van der Waals surface area contributed by atoms with Crippen molar-refractivity contribution >= 4 is 26.5 Å². The summed E-state index contributed by atoms with van der Waals surface area (Å²) in [5.74, 6) is 1.17. The Morgan fingerprint density at radius 1 is 1.21 bits per heavy atom. The van der Waals surface area contributed by atoms with Gasteiger partial charge < -0.3 is 18.9 Å². The fourth-order valence-electron chi connectivity index (χ4n) is 5.82. The van der Waals surface area contributed by atoms with Gasteiger partial charge in [-0.2, -0.15) is 0 Å². The molecule has 0 N–H and O–H groups in total.